The second-order valence-corrected chi connectivity index (χ2v) is 5.63. The highest BCUT2D eigenvalue weighted by Crippen LogP contribution is 2.29. The fourth-order valence-corrected chi connectivity index (χ4v) is 2.49. The van der Waals surface area contributed by atoms with Crippen LogP contribution in [0.25, 0.3) is 11.5 Å². The molecule has 0 saturated carbocycles. The first-order chi connectivity index (χ1) is 13.5. The van der Waals surface area contributed by atoms with Crippen molar-refractivity contribution in [1.82, 2.24) is 10.1 Å². The molecule has 0 spiro atoms. The predicted molar refractivity (Wildman–Crippen MR) is 95.8 cm³/mol. The van der Waals surface area contributed by atoms with Gasteiger partial charge in [-0.3, -0.25) is 14.4 Å². The van der Waals surface area contributed by atoms with Crippen LogP contribution in [0.4, 0.5) is 0 Å². The third kappa shape index (κ3) is 4.36. The number of nitrogens with zero attached hydrogens (tertiary/aromatic N) is 2. The van der Waals surface area contributed by atoms with Crippen LogP contribution in [0.3, 0.4) is 0 Å². The van der Waals surface area contributed by atoms with Crippen molar-refractivity contribution >= 4 is 17.9 Å². The smallest absolute Gasteiger partial charge is 0.335 e. The van der Waals surface area contributed by atoms with Crippen LogP contribution in [0.15, 0.2) is 34.9 Å². The standard InChI is InChI=1S/C19H22N2O7/c1-4-25-16(22)19(17(23)26-5-2,18(24)27-6-3)12-14-20-15(28-21-14)13-10-8-7-9-11-13/h7-11H,4-6,12H2,1-3H3. The van der Waals surface area contributed by atoms with Crippen LogP contribution >= 0.6 is 0 Å². The molecular formula is C19H22N2O7. The zero-order chi connectivity index (χ0) is 20.6. The molecule has 2 aromatic rings. The average Bonchev–Trinajstić information content (AvgIpc) is 3.15. The summed E-state index contributed by atoms with van der Waals surface area (Å²) in [5.74, 6) is -3.11. The van der Waals surface area contributed by atoms with Crippen molar-refractivity contribution in [1.29, 1.82) is 0 Å². The summed E-state index contributed by atoms with van der Waals surface area (Å²) in [5, 5.41) is 3.80. The summed E-state index contributed by atoms with van der Waals surface area (Å²) in [4.78, 5) is 42.2. The molecular weight excluding hydrogens is 368 g/mol. The maximum atomic E-state index is 12.7. The van der Waals surface area contributed by atoms with Gasteiger partial charge in [0.25, 0.3) is 11.3 Å². The Labute approximate surface area is 162 Å². The molecule has 150 valence electrons. The molecule has 0 bridgehead atoms. The van der Waals surface area contributed by atoms with Gasteiger partial charge in [-0.2, -0.15) is 4.98 Å². The molecule has 9 nitrogen and oxygen atoms in total. The first-order valence-corrected chi connectivity index (χ1v) is 8.89. The summed E-state index contributed by atoms with van der Waals surface area (Å²) in [6, 6.07) is 8.92. The fourth-order valence-electron chi connectivity index (χ4n) is 2.49. The van der Waals surface area contributed by atoms with E-state index in [9.17, 15) is 14.4 Å². The van der Waals surface area contributed by atoms with Gasteiger partial charge in [-0.05, 0) is 32.9 Å². The maximum absolute atomic E-state index is 12.7. The summed E-state index contributed by atoms with van der Waals surface area (Å²) in [7, 11) is 0. The second-order valence-electron chi connectivity index (χ2n) is 5.63. The molecule has 0 N–H and O–H groups in total. The van der Waals surface area contributed by atoms with E-state index >= 15 is 0 Å². The van der Waals surface area contributed by atoms with E-state index in [0.29, 0.717) is 5.56 Å². The molecule has 0 aliphatic rings. The van der Waals surface area contributed by atoms with E-state index in [1.54, 1.807) is 45.0 Å². The Morgan fingerprint density at radius 2 is 1.39 bits per heavy atom. The third-order valence-electron chi connectivity index (χ3n) is 3.78. The Balaban J connectivity index is 2.45. The number of hydrogen-bond acceptors (Lipinski definition) is 9. The second kappa shape index (κ2) is 9.63. The van der Waals surface area contributed by atoms with E-state index in [0.717, 1.165) is 0 Å². The molecule has 28 heavy (non-hydrogen) atoms. The van der Waals surface area contributed by atoms with Gasteiger partial charge in [-0.1, -0.05) is 23.4 Å². The van der Waals surface area contributed by atoms with Gasteiger partial charge < -0.3 is 18.7 Å². The van der Waals surface area contributed by atoms with E-state index in [-0.39, 0.29) is 31.5 Å². The van der Waals surface area contributed by atoms with E-state index in [4.69, 9.17) is 18.7 Å². The summed E-state index contributed by atoms with van der Waals surface area (Å²) in [5.41, 5.74) is -1.73. The Morgan fingerprint density at radius 1 is 0.893 bits per heavy atom. The first kappa shape index (κ1) is 21.1. The zero-order valence-corrected chi connectivity index (χ0v) is 16.0. The summed E-state index contributed by atoms with van der Waals surface area (Å²) < 4.78 is 20.1. The molecule has 0 aliphatic heterocycles. The zero-order valence-electron chi connectivity index (χ0n) is 16.0. The van der Waals surface area contributed by atoms with E-state index in [2.05, 4.69) is 10.1 Å². The van der Waals surface area contributed by atoms with Gasteiger partial charge in [-0.25, -0.2) is 0 Å². The van der Waals surface area contributed by atoms with E-state index in [1.165, 1.54) is 0 Å². The summed E-state index contributed by atoms with van der Waals surface area (Å²) in [6.45, 7) is 4.55. The normalized spacial score (nSPS) is 11.0. The molecule has 1 aromatic carbocycles. The molecule has 0 amide bonds. The number of aromatic nitrogens is 2. The Morgan fingerprint density at radius 3 is 1.86 bits per heavy atom. The highest BCUT2D eigenvalue weighted by atomic mass is 16.6. The highest BCUT2D eigenvalue weighted by molar-refractivity contribution is 6.18. The topological polar surface area (TPSA) is 118 Å². The van der Waals surface area contributed by atoms with Crippen molar-refractivity contribution in [3.63, 3.8) is 0 Å². The number of benzene rings is 1. The Bertz CT molecular complexity index is 771. The van der Waals surface area contributed by atoms with Crippen LogP contribution in [0.5, 0.6) is 0 Å². The number of carbonyl (C=O) groups is 3. The van der Waals surface area contributed by atoms with Crippen LogP contribution in [-0.4, -0.2) is 47.9 Å². The van der Waals surface area contributed by atoms with Gasteiger partial charge in [-0.15, -0.1) is 0 Å². The molecule has 0 fully saturated rings. The summed E-state index contributed by atoms with van der Waals surface area (Å²) in [6.07, 6.45) is -0.514. The monoisotopic (exact) mass is 390 g/mol. The number of rotatable bonds is 9. The molecule has 0 aliphatic carbocycles. The van der Waals surface area contributed by atoms with E-state index in [1.807, 2.05) is 6.07 Å². The molecule has 0 unspecified atom stereocenters. The average molecular weight is 390 g/mol. The molecule has 1 aromatic heterocycles. The minimum Gasteiger partial charge on any atom is -0.465 e. The van der Waals surface area contributed by atoms with Crippen molar-refractivity contribution in [3.05, 3.63) is 36.2 Å². The third-order valence-corrected chi connectivity index (χ3v) is 3.78. The fraction of sp³-hybridized carbons (Fsp3) is 0.421. The molecule has 0 saturated heterocycles. The molecule has 9 heteroatoms. The number of carbonyl (C=O) groups excluding carboxylic acids is 3. The lowest BCUT2D eigenvalue weighted by Gasteiger charge is -2.25. The highest BCUT2D eigenvalue weighted by Gasteiger charge is 2.58. The Hall–Kier alpha value is -3.23. The van der Waals surface area contributed by atoms with Gasteiger partial charge in [0.1, 0.15) is 0 Å². The van der Waals surface area contributed by atoms with Crippen LogP contribution in [0.1, 0.15) is 26.6 Å². The van der Waals surface area contributed by atoms with Gasteiger partial charge in [0.05, 0.1) is 19.8 Å². The van der Waals surface area contributed by atoms with Crippen molar-refractivity contribution in [2.24, 2.45) is 5.41 Å². The maximum Gasteiger partial charge on any atom is 0.335 e. The molecule has 0 radical (unpaired) electrons. The lowest BCUT2D eigenvalue weighted by Crippen LogP contribution is -2.51. The van der Waals surface area contributed by atoms with Crippen LogP contribution in [0, 0.1) is 5.41 Å². The van der Waals surface area contributed by atoms with Gasteiger partial charge in [0, 0.05) is 12.0 Å². The van der Waals surface area contributed by atoms with Crippen molar-refractivity contribution in [2.45, 2.75) is 27.2 Å². The van der Waals surface area contributed by atoms with E-state index < -0.39 is 29.7 Å². The number of ether oxygens (including phenoxy) is 3. The largest absolute Gasteiger partial charge is 0.465 e. The SMILES string of the molecule is CCOC(=O)C(Cc1noc(-c2ccccc2)n1)(C(=O)OCC)C(=O)OCC. The van der Waals surface area contributed by atoms with Crippen molar-refractivity contribution < 1.29 is 33.1 Å². The first-order valence-electron chi connectivity index (χ1n) is 8.89. The molecule has 1 heterocycles. The summed E-state index contributed by atoms with van der Waals surface area (Å²) >= 11 is 0. The Kier molecular flexibility index (Phi) is 7.25. The molecule has 2 rings (SSSR count). The lowest BCUT2D eigenvalue weighted by atomic mass is 9.84. The lowest BCUT2D eigenvalue weighted by molar-refractivity contribution is -0.183. The van der Waals surface area contributed by atoms with Crippen molar-refractivity contribution in [2.75, 3.05) is 19.8 Å². The van der Waals surface area contributed by atoms with Gasteiger partial charge in [0.2, 0.25) is 0 Å². The minimum atomic E-state index is -2.38. The van der Waals surface area contributed by atoms with Crippen LogP contribution in [-0.2, 0) is 35.0 Å². The van der Waals surface area contributed by atoms with Crippen LogP contribution in [0.2, 0.25) is 0 Å². The molecule has 0 atom stereocenters. The van der Waals surface area contributed by atoms with Gasteiger partial charge >= 0.3 is 17.9 Å². The number of hydrogen-bond donors (Lipinski definition) is 0. The quantitative estimate of drug-likeness (QED) is 0.359. The number of esters is 3. The van der Waals surface area contributed by atoms with Gasteiger partial charge in [0.15, 0.2) is 5.82 Å². The van der Waals surface area contributed by atoms with Crippen molar-refractivity contribution in [3.8, 4) is 11.5 Å². The predicted octanol–water partition coefficient (Wildman–Crippen LogP) is 1.95. The minimum absolute atomic E-state index is 0.0342. The van der Waals surface area contributed by atoms with Crippen LogP contribution < -0.4 is 0 Å².